The Morgan fingerprint density at radius 1 is 1.14 bits per heavy atom. The first-order valence-electron chi connectivity index (χ1n) is 9.35. The Morgan fingerprint density at radius 3 is 2.28 bits per heavy atom. The molecule has 0 bridgehead atoms. The van der Waals surface area contributed by atoms with Gasteiger partial charge in [-0.1, -0.05) is 19.4 Å². The number of hydrogen-bond acceptors (Lipinski definition) is 4. The summed E-state index contributed by atoms with van der Waals surface area (Å²) < 4.78 is 125. The first-order valence-corrected chi connectivity index (χ1v) is 13.4. The van der Waals surface area contributed by atoms with Gasteiger partial charge >= 0.3 is 10.2 Å². The maximum atomic E-state index is 14.1. The van der Waals surface area contributed by atoms with E-state index in [9.17, 15) is 36.8 Å². The number of rotatable bonds is 6. The van der Waals surface area contributed by atoms with Gasteiger partial charge in [-0.2, -0.15) is 5.26 Å². The standard InChI is InChI=1S/C20H17F8N5OS2/c1-12(21)19(17-5-4-14(22)8-18(17)23)33-20(30-2)32-15-6-13(10-35(3,34)31-11-29)7-16(9-15)36(24,25,26,27)28/h4-9H,2,10H2,1,3H3,(H,32,33)/b19-12+. The van der Waals surface area contributed by atoms with Crippen molar-refractivity contribution in [1.82, 2.24) is 0 Å². The molecule has 0 aliphatic heterocycles. The van der Waals surface area contributed by atoms with E-state index in [2.05, 4.69) is 26.4 Å². The predicted molar refractivity (Wildman–Crippen MR) is 124 cm³/mol. The van der Waals surface area contributed by atoms with Crippen LogP contribution in [0.25, 0.3) is 5.70 Å². The summed E-state index contributed by atoms with van der Waals surface area (Å²) in [5.41, 5.74) is -2.52. The van der Waals surface area contributed by atoms with Gasteiger partial charge in [0, 0.05) is 23.6 Å². The van der Waals surface area contributed by atoms with Gasteiger partial charge in [0.1, 0.15) is 28.1 Å². The number of nitrogens with one attached hydrogen (secondary N) is 1. The van der Waals surface area contributed by atoms with Crippen LogP contribution in [0.1, 0.15) is 18.1 Å². The van der Waals surface area contributed by atoms with Crippen LogP contribution in [0.3, 0.4) is 0 Å². The Morgan fingerprint density at radius 2 is 1.78 bits per heavy atom. The molecule has 1 N–H and O–H groups in total. The molecular weight excluding hydrogens is 542 g/mol. The second-order valence-corrected chi connectivity index (χ2v) is 12.2. The van der Waals surface area contributed by atoms with E-state index in [0.29, 0.717) is 6.07 Å². The Bertz CT molecular complexity index is 1450. The third-order valence-corrected chi connectivity index (χ3v) is 6.68. The summed E-state index contributed by atoms with van der Waals surface area (Å²) in [6, 6.07) is 3.01. The number of anilines is 1. The molecule has 2 aromatic rings. The highest BCUT2D eigenvalue weighted by atomic mass is 32.5. The summed E-state index contributed by atoms with van der Waals surface area (Å²) in [6.07, 6.45) is 2.17. The molecule has 2 rings (SSSR count). The molecule has 1 unspecified atom stereocenters. The van der Waals surface area contributed by atoms with E-state index in [-0.39, 0.29) is 12.1 Å². The summed E-state index contributed by atoms with van der Waals surface area (Å²) in [5, 5.41) is 10.7. The molecule has 0 saturated carbocycles. The maximum absolute atomic E-state index is 14.1. The van der Waals surface area contributed by atoms with Crippen LogP contribution in [0, 0.1) is 23.1 Å². The van der Waals surface area contributed by atoms with Crippen molar-refractivity contribution < 1.29 is 36.8 Å². The van der Waals surface area contributed by atoms with Gasteiger partial charge in [0.25, 0.3) is 0 Å². The number of nitrogens with zero attached hydrogens (tertiary/aromatic N) is 4. The van der Waals surface area contributed by atoms with E-state index in [1.54, 1.807) is 0 Å². The van der Waals surface area contributed by atoms with Gasteiger partial charge in [-0.25, -0.2) is 27.4 Å². The Kier molecular flexibility index (Phi) is 7.36. The number of hydrogen-bond donors (Lipinski definition) is 1. The topological polar surface area (TPSA) is 90.0 Å². The molecular formula is C20H17F8N5OS2. The summed E-state index contributed by atoms with van der Waals surface area (Å²) in [7, 11) is -13.7. The monoisotopic (exact) mass is 559 g/mol. The van der Waals surface area contributed by atoms with Gasteiger partial charge in [-0.3, -0.25) is 0 Å². The quantitative estimate of drug-likeness (QED) is 0.172. The van der Waals surface area contributed by atoms with Crippen LogP contribution in [-0.4, -0.2) is 23.1 Å². The summed E-state index contributed by atoms with van der Waals surface area (Å²) >= 11 is 0. The molecule has 0 aliphatic carbocycles. The normalized spacial score (nSPS) is 16.5. The molecule has 0 fully saturated rings. The minimum Gasteiger partial charge on any atom is -0.324 e. The minimum absolute atomic E-state index is 0.00876. The van der Waals surface area contributed by atoms with E-state index in [4.69, 9.17) is 5.26 Å². The Balaban J connectivity index is 2.67. The van der Waals surface area contributed by atoms with Gasteiger partial charge in [0.15, 0.2) is 0 Å². The SMILES string of the molecule is C=NC(=N/C(=C(\C)F)c1ccc(F)cc1F)Nc1cc(CS(C)(=O)=NC#N)cc(S(F)(F)(F)(F)F)c1. The molecule has 0 heterocycles. The van der Waals surface area contributed by atoms with Gasteiger partial charge in [0.05, 0.1) is 15.5 Å². The molecule has 6 nitrogen and oxygen atoms in total. The van der Waals surface area contributed by atoms with Crippen LogP contribution >= 0.6 is 10.2 Å². The highest BCUT2D eigenvalue weighted by molar-refractivity contribution is 8.45. The molecule has 36 heavy (non-hydrogen) atoms. The fraction of sp³-hybridized carbons (Fsp3) is 0.150. The molecule has 0 aromatic heterocycles. The zero-order valence-electron chi connectivity index (χ0n) is 18.4. The van der Waals surface area contributed by atoms with Crippen molar-refractivity contribution >= 4 is 44.0 Å². The van der Waals surface area contributed by atoms with Crippen LogP contribution in [0.4, 0.5) is 38.3 Å². The molecule has 16 heteroatoms. The average molecular weight is 560 g/mol. The van der Waals surface area contributed by atoms with Crippen LogP contribution < -0.4 is 5.32 Å². The lowest BCUT2D eigenvalue weighted by Crippen LogP contribution is -2.13. The van der Waals surface area contributed by atoms with Crippen molar-refractivity contribution in [2.24, 2.45) is 14.3 Å². The fourth-order valence-electron chi connectivity index (χ4n) is 2.81. The smallest absolute Gasteiger partial charge is 0.310 e. The largest absolute Gasteiger partial charge is 0.324 e. The predicted octanol–water partition coefficient (Wildman–Crippen LogP) is 7.53. The summed E-state index contributed by atoms with van der Waals surface area (Å²) in [4.78, 5) is 4.64. The number of guanidine groups is 1. The van der Waals surface area contributed by atoms with Crippen LogP contribution in [0.15, 0.2) is 61.5 Å². The summed E-state index contributed by atoms with van der Waals surface area (Å²) in [5.74, 6) is -4.85. The van der Waals surface area contributed by atoms with Gasteiger partial charge < -0.3 is 5.32 Å². The lowest BCUT2D eigenvalue weighted by atomic mass is 10.1. The third kappa shape index (κ3) is 7.78. The van der Waals surface area contributed by atoms with E-state index in [1.165, 1.54) is 6.19 Å². The molecule has 0 aliphatic rings. The van der Waals surface area contributed by atoms with E-state index in [0.717, 1.165) is 31.4 Å². The molecule has 0 amide bonds. The van der Waals surface area contributed by atoms with Crippen molar-refractivity contribution in [3.05, 3.63) is 65.0 Å². The number of allylic oxidation sites excluding steroid dienone is 1. The minimum atomic E-state index is -10.3. The first kappa shape index (κ1) is 28.8. The van der Waals surface area contributed by atoms with Gasteiger partial charge in [-0.05, 0) is 49.5 Å². The average Bonchev–Trinajstić information content (AvgIpc) is 2.69. The molecule has 0 saturated heterocycles. The second kappa shape index (κ2) is 9.21. The zero-order chi connectivity index (χ0) is 27.6. The lowest BCUT2D eigenvalue weighted by molar-refractivity contribution is 0.364. The van der Waals surface area contributed by atoms with Crippen molar-refractivity contribution in [2.75, 3.05) is 11.6 Å². The molecule has 2 aromatic carbocycles. The highest BCUT2D eigenvalue weighted by Gasteiger charge is 2.65. The van der Waals surface area contributed by atoms with Crippen molar-refractivity contribution in [1.29, 1.82) is 5.26 Å². The Hall–Kier alpha value is -3.45. The van der Waals surface area contributed by atoms with E-state index >= 15 is 0 Å². The van der Waals surface area contributed by atoms with Gasteiger partial charge in [-0.15, -0.1) is 4.36 Å². The first-order chi connectivity index (χ1) is 16.2. The maximum Gasteiger partial charge on any atom is 0.310 e. The number of benzene rings is 2. The molecule has 0 radical (unpaired) electrons. The van der Waals surface area contributed by atoms with Crippen molar-refractivity contribution in [3.8, 4) is 6.19 Å². The number of nitriles is 1. The Labute approximate surface area is 201 Å². The van der Waals surface area contributed by atoms with E-state index in [1.807, 2.05) is 0 Å². The van der Waals surface area contributed by atoms with Crippen LogP contribution in [0.2, 0.25) is 0 Å². The highest BCUT2D eigenvalue weighted by Crippen LogP contribution is 3.02. The lowest BCUT2D eigenvalue weighted by Gasteiger charge is -2.41. The number of halogens is 8. The zero-order valence-corrected chi connectivity index (χ0v) is 20.0. The van der Waals surface area contributed by atoms with Crippen LogP contribution in [0.5, 0.6) is 0 Å². The molecule has 0 spiro atoms. The van der Waals surface area contributed by atoms with Crippen molar-refractivity contribution in [2.45, 2.75) is 17.6 Å². The second-order valence-electron chi connectivity index (χ2n) is 7.35. The molecule has 1 atom stereocenters. The fourth-order valence-corrected chi connectivity index (χ4v) is 4.56. The van der Waals surface area contributed by atoms with Crippen molar-refractivity contribution in [3.63, 3.8) is 0 Å². The number of aliphatic imine (C=N–C) groups is 2. The third-order valence-electron chi connectivity index (χ3n) is 4.22. The summed E-state index contributed by atoms with van der Waals surface area (Å²) in [6.45, 7) is 3.96. The molecule has 196 valence electrons. The van der Waals surface area contributed by atoms with Crippen LogP contribution in [-0.2, 0) is 15.5 Å². The van der Waals surface area contributed by atoms with Gasteiger partial charge in [0.2, 0.25) is 12.2 Å². The van der Waals surface area contributed by atoms with E-state index < -0.39 is 76.5 Å².